The average molecular weight is 468 g/mol. The lowest BCUT2D eigenvalue weighted by molar-refractivity contribution is 0.101. The molecule has 150 valence electrons. The third kappa shape index (κ3) is 3.69. The minimum Gasteiger partial charge on any atom is -0.497 e. The van der Waals surface area contributed by atoms with Gasteiger partial charge in [0.15, 0.2) is 5.82 Å². The highest BCUT2D eigenvalue weighted by atomic mass is 79.9. The molecule has 1 N–H and O–H groups in total. The van der Waals surface area contributed by atoms with E-state index in [4.69, 9.17) is 4.74 Å². The highest BCUT2D eigenvalue weighted by Gasteiger charge is 2.18. The van der Waals surface area contributed by atoms with Gasteiger partial charge in [-0.3, -0.25) is 15.0 Å². The predicted octanol–water partition coefficient (Wildman–Crippen LogP) is 4.36. The maximum absolute atomic E-state index is 13.8. The fraction of sp³-hybridized carbons (Fsp3) is 0.0455. The topological polar surface area (TPSA) is 73.2 Å². The van der Waals surface area contributed by atoms with E-state index in [2.05, 4.69) is 26.3 Å². The summed E-state index contributed by atoms with van der Waals surface area (Å²) in [5.41, 5.74) is 3.17. The molecule has 3 aromatic carbocycles. The van der Waals surface area contributed by atoms with Crippen LogP contribution < -0.4 is 15.7 Å². The molecule has 0 aliphatic rings. The summed E-state index contributed by atoms with van der Waals surface area (Å²) in [7, 11) is 1.49. The summed E-state index contributed by atoms with van der Waals surface area (Å²) >= 11 is 3.34. The van der Waals surface area contributed by atoms with Crippen LogP contribution in [-0.2, 0) is 0 Å². The Bertz CT molecular complexity index is 1340. The summed E-state index contributed by atoms with van der Waals surface area (Å²) in [6, 6.07) is 17.3. The number of carbonyl (C=O) groups is 1. The van der Waals surface area contributed by atoms with Gasteiger partial charge in [-0.15, -0.1) is 0 Å². The molecule has 1 heterocycles. The molecule has 0 radical (unpaired) electrons. The molecule has 6 nitrogen and oxygen atoms in total. The number of aromatic nitrogens is 2. The SMILES string of the molecule is COc1ccc(Br)c(C(=O)Nn2c(-c3cccc(F)c3)nc3ccccc3c2=O)c1. The number of ether oxygens (including phenoxy) is 1. The molecule has 0 spiro atoms. The third-order valence-electron chi connectivity index (χ3n) is 4.49. The molecular formula is C22H15BrFN3O3. The van der Waals surface area contributed by atoms with Crippen LogP contribution in [0.15, 0.2) is 76.0 Å². The number of benzene rings is 3. The van der Waals surface area contributed by atoms with Crippen molar-refractivity contribution in [2.75, 3.05) is 12.5 Å². The van der Waals surface area contributed by atoms with Gasteiger partial charge in [0.05, 0.1) is 23.6 Å². The van der Waals surface area contributed by atoms with Crippen LogP contribution in [0.3, 0.4) is 0 Å². The van der Waals surface area contributed by atoms with E-state index >= 15 is 0 Å². The summed E-state index contributed by atoms with van der Waals surface area (Å²) in [5, 5.41) is 0.322. The third-order valence-corrected chi connectivity index (χ3v) is 5.18. The smallest absolute Gasteiger partial charge is 0.280 e. The second-order valence-electron chi connectivity index (χ2n) is 6.39. The molecule has 0 unspecified atom stereocenters. The maximum Gasteiger partial charge on any atom is 0.280 e. The van der Waals surface area contributed by atoms with Crippen LogP contribution in [0.5, 0.6) is 5.75 Å². The van der Waals surface area contributed by atoms with Crippen LogP contribution in [0, 0.1) is 5.82 Å². The van der Waals surface area contributed by atoms with Gasteiger partial charge in [-0.05, 0) is 58.4 Å². The second-order valence-corrected chi connectivity index (χ2v) is 7.24. The Morgan fingerprint density at radius 1 is 1.10 bits per heavy atom. The fourth-order valence-corrected chi connectivity index (χ4v) is 3.45. The van der Waals surface area contributed by atoms with E-state index in [-0.39, 0.29) is 11.4 Å². The van der Waals surface area contributed by atoms with Crippen LogP contribution in [-0.4, -0.2) is 22.7 Å². The Morgan fingerprint density at radius 3 is 2.67 bits per heavy atom. The van der Waals surface area contributed by atoms with Crippen LogP contribution in [0.1, 0.15) is 10.4 Å². The van der Waals surface area contributed by atoms with Crippen molar-refractivity contribution < 1.29 is 13.9 Å². The minimum absolute atomic E-state index is 0.116. The molecule has 30 heavy (non-hydrogen) atoms. The normalized spacial score (nSPS) is 10.8. The monoisotopic (exact) mass is 467 g/mol. The zero-order valence-corrected chi connectivity index (χ0v) is 17.3. The Morgan fingerprint density at radius 2 is 1.90 bits per heavy atom. The Hall–Kier alpha value is -3.52. The lowest BCUT2D eigenvalue weighted by atomic mass is 10.2. The number of amides is 1. The molecule has 0 fully saturated rings. The van der Waals surface area contributed by atoms with Gasteiger partial charge >= 0.3 is 0 Å². The lowest BCUT2D eigenvalue weighted by Gasteiger charge is -2.15. The standard InChI is InChI=1S/C22H15BrFN3O3/c1-30-15-9-10-18(23)17(12-15)21(28)26-27-20(13-5-4-6-14(24)11-13)25-19-8-3-2-7-16(19)22(27)29/h2-12H,1H3,(H,26,28). The molecule has 4 rings (SSSR count). The summed E-state index contributed by atoms with van der Waals surface area (Å²) in [5.74, 6) is -0.441. The van der Waals surface area contributed by atoms with Gasteiger partial charge in [-0.2, -0.15) is 4.68 Å². The van der Waals surface area contributed by atoms with E-state index in [0.29, 0.717) is 26.7 Å². The number of halogens is 2. The van der Waals surface area contributed by atoms with Crippen molar-refractivity contribution in [2.24, 2.45) is 0 Å². The van der Waals surface area contributed by atoms with Crippen molar-refractivity contribution in [3.05, 3.63) is 92.9 Å². The first kappa shape index (κ1) is 19.8. The largest absolute Gasteiger partial charge is 0.497 e. The van der Waals surface area contributed by atoms with Crippen molar-refractivity contribution in [1.82, 2.24) is 9.66 Å². The number of fused-ring (bicyclic) bond motifs is 1. The highest BCUT2D eigenvalue weighted by molar-refractivity contribution is 9.10. The van der Waals surface area contributed by atoms with Gasteiger partial charge < -0.3 is 4.74 Å². The Balaban J connectivity index is 1.89. The summed E-state index contributed by atoms with van der Waals surface area (Å²) in [6.45, 7) is 0. The van der Waals surface area contributed by atoms with Crippen LogP contribution in [0.25, 0.3) is 22.3 Å². The molecular weight excluding hydrogens is 453 g/mol. The van der Waals surface area contributed by atoms with Gasteiger partial charge in [0.25, 0.3) is 11.5 Å². The minimum atomic E-state index is -0.558. The van der Waals surface area contributed by atoms with E-state index in [1.165, 1.54) is 25.3 Å². The van der Waals surface area contributed by atoms with Crippen molar-refractivity contribution in [3.8, 4) is 17.1 Å². The first-order valence-electron chi connectivity index (χ1n) is 8.90. The van der Waals surface area contributed by atoms with E-state index in [1.54, 1.807) is 48.5 Å². The zero-order chi connectivity index (χ0) is 21.3. The van der Waals surface area contributed by atoms with Crippen LogP contribution >= 0.6 is 15.9 Å². The summed E-state index contributed by atoms with van der Waals surface area (Å²) in [6.07, 6.45) is 0. The molecule has 0 atom stereocenters. The predicted molar refractivity (Wildman–Crippen MR) is 116 cm³/mol. The molecule has 0 aliphatic heterocycles. The molecule has 0 saturated carbocycles. The molecule has 0 aliphatic carbocycles. The first-order chi connectivity index (χ1) is 14.5. The number of para-hydroxylation sites is 1. The number of nitrogens with one attached hydrogen (secondary N) is 1. The van der Waals surface area contributed by atoms with Gasteiger partial charge in [0, 0.05) is 10.0 Å². The van der Waals surface area contributed by atoms with Crippen molar-refractivity contribution >= 4 is 32.7 Å². The molecule has 1 amide bonds. The molecule has 1 aromatic heterocycles. The second kappa shape index (κ2) is 8.08. The van der Waals surface area contributed by atoms with Crippen molar-refractivity contribution in [3.63, 3.8) is 0 Å². The van der Waals surface area contributed by atoms with Crippen molar-refractivity contribution in [1.29, 1.82) is 0 Å². The van der Waals surface area contributed by atoms with E-state index in [1.807, 2.05) is 0 Å². The average Bonchev–Trinajstić information content (AvgIpc) is 2.76. The van der Waals surface area contributed by atoms with Gasteiger partial charge in [-0.25, -0.2) is 9.37 Å². The summed E-state index contributed by atoms with van der Waals surface area (Å²) < 4.78 is 20.6. The Kier molecular flexibility index (Phi) is 5.33. The number of hydrogen-bond acceptors (Lipinski definition) is 4. The fourth-order valence-electron chi connectivity index (χ4n) is 3.02. The van der Waals surface area contributed by atoms with Gasteiger partial charge in [-0.1, -0.05) is 24.3 Å². The highest BCUT2D eigenvalue weighted by Crippen LogP contribution is 2.23. The van der Waals surface area contributed by atoms with Gasteiger partial charge in [0.2, 0.25) is 0 Å². The quantitative estimate of drug-likeness (QED) is 0.483. The first-order valence-corrected chi connectivity index (χ1v) is 9.70. The van der Waals surface area contributed by atoms with Gasteiger partial charge in [0.1, 0.15) is 11.6 Å². The van der Waals surface area contributed by atoms with Crippen molar-refractivity contribution in [2.45, 2.75) is 0 Å². The van der Waals surface area contributed by atoms with E-state index in [0.717, 1.165) is 4.68 Å². The van der Waals surface area contributed by atoms with E-state index < -0.39 is 17.3 Å². The summed E-state index contributed by atoms with van der Waals surface area (Å²) in [4.78, 5) is 30.6. The number of methoxy groups -OCH3 is 1. The van der Waals surface area contributed by atoms with E-state index in [9.17, 15) is 14.0 Å². The molecule has 4 aromatic rings. The number of carbonyl (C=O) groups excluding carboxylic acids is 1. The van der Waals surface area contributed by atoms with Crippen LogP contribution in [0.2, 0.25) is 0 Å². The number of hydrogen-bond donors (Lipinski definition) is 1. The number of nitrogens with zero attached hydrogens (tertiary/aromatic N) is 2. The molecule has 0 bridgehead atoms. The molecule has 8 heteroatoms. The zero-order valence-electron chi connectivity index (χ0n) is 15.7. The molecule has 0 saturated heterocycles. The Labute approximate surface area is 179 Å². The van der Waals surface area contributed by atoms with Crippen LogP contribution in [0.4, 0.5) is 4.39 Å². The maximum atomic E-state index is 13.8. The lowest BCUT2D eigenvalue weighted by Crippen LogP contribution is -2.35. The number of rotatable bonds is 4.